The molecule has 0 radical (unpaired) electrons. The zero-order chi connectivity index (χ0) is 17.1. The predicted octanol–water partition coefficient (Wildman–Crippen LogP) is 4.18. The number of carboxylic acid groups (broad SMARTS) is 1. The Hall–Kier alpha value is -3.27. The highest BCUT2D eigenvalue weighted by Crippen LogP contribution is 2.30. The van der Waals surface area contributed by atoms with E-state index in [0.717, 1.165) is 10.8 Å². The van der Waals surface area contributed by atoms with Crippen molar-refractivity contribution in [2.24, 2.45) is 0 Å². The molecule has 0 unspecified atom stereocenters. The Kier molecular flexibility index (Phi) is 4.20. The Balaban J connectivity index is 2.16. The van der Waals surface area contributed by atoms with Gasteiger partial charge in [0, 0.05) is 0 Å². The van der Waals surface area contributed by atoms with E-state index in [4.69, 9.17) is 4.74 Å². The van der Waals surface area contributed by atoms with Crippen molar-refractivity contribution in [3.05, 3.63) is 71.8 Å². The van der Waals surface area contributed by atoms with Crippen molar-refractivity contribution >= 4 is 28.4 Å². The van der Waals surface area contributed by atoms with Crippen LogP contribution >= 0.6 is 0 Å². The van der Waals surface area contributed by atoms with Crippen LogP contribution in [0.2, 0.25) is 0 Å². The van der Waals surface area contributed by atoms with Crippen molar-refractivity contribution in [1.29, 1.82) is 0 Å². The van der Waals surface area contributed by atoms with E-state index in [0.29, 0.717) is 16.9 Å². The van der Waals surface area contributed by atoms with Gasteiger partial charge in [0.2, 0.25) is 0 Å². The Morgan fingerprint density at radius 1 is 1.04 bits per heavy atom. The third-order valence-corrected chi connectivity index (χ3v) is 3.82. The number of fused-ring (bicyclic) bond motifs is 1. The molecule has 24 heavy (non-hydrogen) atoms. The molecule has 0 amide bonds. The number of aromatic hydroxyl groups is 1. The van der Waals surface area contributed by atoms with E-state index < -0.39 is 5.97 Å². The van der Waals surface area contributed by atoms with Gasteiger partial charge in [0.25, 0.3) is 0 Å². The van der Waals surface area contributed by atoms with Gasteiger partial charge in [-0.25, -0.2) is 4.79 Å². The van der Waals surface area contributed by atoms with Gasteiger partial charge in [0.1, 0.15) is 0 Å². The lowest BCUT2D eigenvalue weighted by atomic mass is 9.96. The fourth-order valence-electron chi connectivity index (χ4n) is 2.68. The number of phenols is 1. The van der Waals surface area contributed by atoms with E-state index in [1.165, 1.54) is 13.2 Å². The molecule has 2 N–H and O–H groups in total. The monoisotopic (exact) mass is 320 g/mol. The van der Waals surface area contributed by atoms with E-state index in [-0.39, 0.29) is 11.3 Å². The molecule has 4 heteroatoms. The van der Waals surface area contributed by atoms with E-state index in [1.54, 1.807) is 24.3 Å². The van der Waals surface area contributed by atoms with E-state index in [1.807, 2.05) is 36.4 Å². The van der Waals surface area contributed by atoms with Crippen molar-refractivity contribution in [3.8, 4) is 11.5 Å². The molecule has 0 aliphatic rings. The molecule has 0 fully saturated rings. The zero-order valence-electron chi connectivity index (χ0n) is 13.1. The molecule has 0 atom stereocenters. The number of hydrogen-bond acceptors (Lipinski definition) is 3. The van der Waals surface area contributed by atoms with Crippen LogP contribution in [0.5, 0.6) is 11.5 Å². The van der Waals surface area contributed by atoms with Crippen molar-refractivity contribution in [2.75, 3.05) is 7.11 Å². The molecule has 120 valence electrons. The minimum Gasteiger partial charge on any atom is -0.504 e. The summed E-state index contributed by atoms with van der Waals surface area (Å²) < 4.78 is 5.01. The van der Waals surface area contributed by atoms with Crippen molar-refractivity contribution in [1.82, 2.24) is 0 Å². The van der Waals surface area contributed by atoms with Gasteiger partial charge in [0.15, 0.2) is 11.5 Å². The van der Waals surface area contributed by atoms with E-state index in [2.05, 4.69) is 0 Å². The Labute approximate surface area is 139 Å². The molecule has 4 nitrogen and oxygen atoms in total. The molecule has 0 aromatic heterocycles. The minimum absolute atomic E-state index is 0.0334. The summed E-state index contributed by atoms with van der Waals surface area (Å²) in [7, 11) is 1.46. The largest absolute Gasteiger partial charge is 0.504 e. The summed E-state index contributed by atoms with van der Waals surface area (Å²) >= 11 is 0. The highest BCUT2D eigenvalue weighted by atomic mass is 16.5. The molecule has 0 heterocycles. The second kappa shape index (κ2) is 6.46. The number of ether oxygens (including phenoxy) is 1. The van der Waals surface area contributed by atoms with Crippen LogP contribution in [-0.4, -0.2) is 23.3 Å². The molecule has 0 aliphatic heterocycles. The summed E-state index contributed by atoms with van der Waals surface area (Å²) in [4.78, 5) is 11.8. The lowest BCUT2D eigenvalue weighted by molar-refractivity contribution is -0.130. The third kappa shape index (κ3) is 2.94. The number of hydrogen-bond donors (Lipinski definition) is 2. The van der Waals surface area contributed by atoms with Crippen LogP contribution in [-0.2, 0) is 4.79 Å². The second-order valence-corrected chi connectivity index (χ2v) is 5.32. The first-order valence-corrected chi connectivity index (χ1v) is 7.40. The average Bonchev–Trinajstić information content (AvgIpc) is 2.59. The maximum Gasteiger partial charge on any atom is 0.336 e. The molecular formula is C20H16O4. The maximum atomic E-state index is 11.8. The second-order valence-electron chi connectivity index (χ2n) is 5.32. The Bertz CT molecular complexity index is 936. The maximum absolute atomic E-state index is 11.8. The van der Waals surface area contributed by atoms with Crippen LogP contribution in [0, 0.1) is 0 Å². The SMILES string of the molecule is COc1ccc(/C=C(\C(=O)O)c2cccc3ccccc23)cc1O. The molecule has 0 bridgehead atoms. The smallest absolute Gasteiger partial charge is 0.336 e. The number of aliphatic carboxylic acids is 1. The normalized spacial score (nSPS) is 11.5. The zero-order valence-corrected chi connectivity index (χ0v) is 13.1. The standard InChI is InChI=1S/C20H16O4/c1-24-19-10-9-13(12-18(19)21)11-17(20(22)23)16-8-4-6-14-5-2-3-7-15(14)16/h2-12,21H,1H3,(H,22,23)/b17-11-. The summed E-state index contributed by atoms with van der Waals surface area (Å²) in [6, 6.07) is 18.0. The highest BCUT2D eigenvalue weighted by molar-refractivity contribution is 6.23. The highest BCUT2D eigenvalue weighted by Gasteiger charge is 2.14. The summed E-state index contributed by atoms with van der Waals surface area (Å²) in [6.07, 6.45) is 1.54. The van der Waals surface area contributed by atoms with Crippen LogP contribution in [0.1, 0.15) is 11.1 Å². The fourth-order valence-corrected chi connectivity index (χ4v) is 2.68. The summed E-state index contributed by atoms with van der Waals surface area (Å²) in [5.41, 5.74) is 1.38. The number of carbonyl (C=O) groups is 1. The first-order valence-electron chi connectivity index (χ1n) is 7.40. The van der Waals surface area contributed by atoms with Gasteiger partial charge < -0.3 is 14.9 Å². The number of methoxy groups -OCH3 is 1. The van der Waals surface area contributed by atoms with Crippen LogP contribution in [0.15, 0.2) is 60.7 Å². The first kappa shape index (κ1) is 15.6. The van der Waals surface area contributed by atoms with Gasteiger partial charge in [-0.2, -0.15) is 0 Å². The number of carboxylic acids is 1. The quantitative estimate of drug-likeness (QED) is 0.559. The average molecular weight is 320 g/mol. The van der Waals surface area contributed by atoms with Gasteiger partial charge in [-0.15, -0.1) is 0 Å². The molecule has 0 saturated heterocycles. The summed E-state index contributed by atoms with van der Waals surface area (Å²) in [5, 5.41) is 21.4. The van der Waals surface area contributed by atoms with Gasteiger partial charge in [0.05, 0.1) is 12.7 Å². The topological polar surface area (TPSA) is 66.8 Å². The van der Waals surface area contributed by atoms with Crippen LogP contribution in [0.25, 0.3) is 22.4 Å². The molecule has 3 aromatic rings. The van der Waals surface area contributed by atoms with Crippen molar-refractivity contribution in [3.63, 3.8) is 0 Å². The van der Waals surface area contributed by atoms with Crippen LogP contribution in [0.3, 0.4) is 0 Å². The molecule has 0 spiro atoms. The van der Waals surface area contributed by atoms with Gasteiger partial charge in [-0.1, -0.05) is 48.5 Å². The van der Waals surface area contributed by atoms with E-state index >= 15 is 0 Å². The third-order valence-electron chi connectivity index (χ3n) is 3.82. The summed E-state index contributed by atoms with van der Waals surface area (Å²) in [6.45, 7) is 0. The molecule has 3 aromatic carbocycles. The molecule has 3 rings (SSSR count). The van der Waals surface area contributed by atoms with Gasteiger partial charge in [-0.05, 0) is 40.1 Å². The van der Waals surface area contributed by atoms with Crippen LogP contribution in [0.4, 0.5) is 0 Å². The predicted molar refractivity (Wildman–Crippen MR) is 94.1 cm³/mol. The molecular weight excluding hydrogens is 304 g/mol. The first-order chi connectivity index (χ1) is 11.6. The molecule has 0 saturated carbocycles. The minimum atomic E-state index is -1.03. The number of rotatable bonds is 4. The van der Waals surface area contributed by atoms with E-state index in [9.17, 15) is 15.0 Å². The van der Waals surface area contributed by atoms with Gasteiger partial charge >= 0.3 is 5.97 Å². The van der Waals surface area contributed by atoms with Crippen molar-refractivity contribution in [2.45, 2.75) is 0 Å². The Morgan fingerprint density at radius 3 is 2.50 bits per heavy atom. The lowest BCUT2D eigenvalue weighted by Gasteiger charge is -2.09. The van der Waals surface area contributed by atoms with Crippen LogP contribution < -0.4 is 4.74 Å². The lowest BCUT2D eigenvalue weighted by Crippen LogP contribution is -2.00. The van der Waals surface area contributed by atoms with Crippen molar-refractivity contribution < 1.29 is 19.7 Å². The molecule has 0 aliphatic carbocycles. The number of benzene rings is 3. The summed E-state index contributed by atoms with van der Waals surface area (Å²) in [5.74, 6) is -0.718. The van der Waals surface area contributed by atoms with Gasteiger partial charge in [-0.3, -0.25) is 0 Å². The Morgan fingerprint density at radius 2 is 1.79 bits per heavy atom. The number of phenolic OH excluding ortho intramolecular Hbond substituents is 1. The fraction of sp³-hybridized carbons (Fsp3) is 0.0500.